The molecule has 0 amide bonds. The van der Waals surface area contributed by atoms with Gasteiger partial charge >= 0.3 is 0 Å². The number of hydrogen-bond donors (Lipinski definition) is 0. The molecule has 12 heavy (non-hydrogen) atoms. The summed E-state index contributed by atoms with van der Waals surface area (Å²) < 4.78 is 15.4. The highest BCUT2D eigenvalue weighted by atomic mass is 28.2. The standard InChI is InChI=1S/C8H12O3Si/c1-9-6-4-3-5-7(11-12)8(6)10-2/h3-5H,1-2,12H3. The molecule has 4 heteroatoms. The second-order valence-corrected chi connectivity index (χ2v) is 2.60. The molecule has 0 bridgehead atoms. The van der Waals surface area contributed by atoms with Gasteiger partial charge in [-0.15, -0.1) is 0 Å². The predicted octanol–water partition coefficient (Wildman–Crippen LogP) is 0.363. The quantitative estimate of drug-likeness (QED) is 0.635. The third-order valence-corrected chi connectivity index (χ3v) is 2.03. The Morgan fingerprint density at radius 1 is 1.08 bits per heavy atom. The Morgan fingerprint density at radius 2 is 1.75 bits per heavy atom. The Bertz CT molecular complexity index is 240. The molecule has 0 N–H and O–H groups in total. The molecule has 1 aromatic carbocycles. The minimum absolute atomic E-state index is 0.645. The van der Waals surface area contributed by atoms with E-state index >= 15 is 0 Å². The van der Waals surface area contributed by atoms with Gasteiger partial charge in [-0.25, -0.2) is 0 Å². The van der Waals surface area contributed by atoms with Crippen LogP contribution in [0.2, 0.25) is 0 Å². The highest BCUT2D eigenvalue weighted by molar-refractivity contribution is 6.00. The maximum Gasteiger partial charge on any atom is 0.204 e. The number of ether oxygens (including phenoxy) is 2. The predicted molar refractivity (Wildman–Crippen MR) is 50.1 cm³/mol. The van der Waals surface area contributed by atoms with Gasteiger partial charge < -0.3 is 13.9 Å². The first kappa shape index (κ1) is 8.93. The molecule has 0 heterocycles. The van der Waals surface area contributed by atoms with Crippen molar-refractivity contribution in [2.24, 2.45) is 0 Å². The average molecular weight is 184 g/mol. The first-order chi connectivity index (χ1) is 5.83. The minimum atomic E-state index is 0.645. The van der Waals surface area contributed by atoms with E-state index in [2.05, 4.69) is 0 Å². The van der Waals surface area contributed by atoms with Gasteiger partial charge in [-0.1, -0.05) is 6.07 Å². The SMILES string of the molecule is COc1cccc(O[SiH3])c1OC. The molecule has 1 rings (SSSR count). The number of methoxy groups -OCH3 is 2. The van der Waals surface area contributed by atoms with Crippen LogP contribution >= 0.6 is 0 Å². The lowest BCUT2D eigenvalue weighted by molar-refractivity contribution is 0.345. The van der Waals surface area contributed by atoms with E-state index in [0.717, 1.165) is 5.75 Å². The fourth-order valence-electron chi connectivity index (χ4n) is 1.02. The van der Waals surface area contributed by atoms with Gasteiger partial charge in [0.1, 0.15) is 5.75 Å². The normalized spacial score (nSPS) is 9.50. The summed E-state index contributed by atoms with van der Waals surface area (Å²) in [6.07, 6.45) is 0. The minimum Gasteiger partial charge on any atom is -0.551 e. The van der Waals surface area contributed by atoms with Crippen molar-refractivity contribution >= 4 is 10.5 Å². The zero-order valence-electron chi connectivity index (χ0n) is 7.46. The number of hydrogen-bond acceptors (Lipinski definition) is 3. The van der Waals surface area contributed by atoms with Gasteiger partial charge in [-0.3, -0.25) is 0 Å². The molecule has 0 aromatic heterocycles. The van der Waals surface area contributed by atoms with Crippen molar-refractivity contribution in [3.05, 3.63) is 18.2 Å². The van der Waals surface area contributed by atoms with Crippen LogP contribution in [0.25, 0.3) is 0 Å². The van der Waals surface area contributed by atoms with Crippen molar-refractivity contribution in [3.8, 4) is 17.2 Å². The lowest BCUT2D eigenvalue weighted by Gasteiger charge is -2.11. The molecule has 0 aliphatic heterocycles. The van der Waals surface area contributed by atoms with Crippen LogP contribution in [-0.4, -0.2) is 24.7 Å². The maximum absolute atomic E-state index is 5.21. The van der Waals surface area contributed by atoms with Crippen LogP contribution in [0.3, 0.4) is 0 Å². The van der Waals surface area contributed by atoms with Gasteiger partial charge in [0.2, 0.25) is 16.2 Å². The molecule has 0 unspecified atom stereocenters. The molecule has 0 radical (unpaired) electrons. The zero-order chi connectivity index (χ0) is 8.97. The largest absolute Gasteiger partial charge is 0.551 e. The second kappa shape index (κ2) is 4.01. The lowest BCUT2D eigenvalue weighted by Crippen LogP contribution is -1.94. The molecule has 0 aliphatic rings. The number of benzene rings is 1. The summed E-state index contributed by atoms with van der Waals surface area (Å²) in [5, 5.41) is 0. The summed E-state index contributed by atoms with van der Waals surface area (Å²) in [7, 11) is 3.85. The van der Waals surface area contributed by atoms with Crippen molar-refractivity contribution in [2.45, 2.75) is 0 Å². The van der Waals surface area contributed by atoms with Crippen molar-refractivity contribution in [1.82, 2.24) is 0 Å². The van der Waals surface area contributed by atoms with Crippen molar-refractivity contribution in [2.75, 3.05) is 14.2 Å². The highest BCUT2D eigenvalue weighted by Gasteiger charge is 2.07. The summed E-state index contributed by atoms with van der Waals surface area (Å²) in [4.78, 5) is 0. The molecule has 0 saturated carbocycles. The Labute approximate surface area is 74.8 Å². The summed E-state index contributed by atoms with van der Waals surface area (Å²) in [6, 6.07) is 5.56. The second-order valence-electron chi connectivity index (χ2n) is 2.20. The molecule has 0 fully saturated rings. The van der Waals surface area contributed by atoms with Gasteiger partial charge in [-0.05, 0) is 12.1 Å². The summed E-state index contributed by atoms with van der Waals surface area (Å²) >= 11 is 0. The van der Waals surface area contributed by atoms with E-state index < -0.39 is 0 Å². The first-order valence-electron chi connectivity index (χ1n) is 3.58. The van der Waals surface area contributed by atoms with Crippen molar-refractivity contribution < 1.29 is 13.9 Å². The average Bonchev–Trinajstić information content (AvgIpc) is 2.16. The highest BCUT2D eigenvalue weighted by Crippen LogP contribution is 2.35. The monoisotopic (exact) mass is 184 g/mol. The van der Waals surface area contributed by atoms with Gasteiger partial charge in [-0.2, -0.15) is 0 Å². The van der Waals surface area contributed by atoms with E-state index in [1.165, 1.54) is 0 Å². The van der Waals surface area contributed by atoms with E-state index in [-0.39, 0.29) is 0 Å². The molecule has 0 aliphatic carbocycles. The third kappa shape index (κ3) is 1.53. The number of para-hydroxylation sites is 1. The first-order valence-corrected chi connectivity index (χ1v) is 4.40. The topological polar surface area (TPSA) is 27.7 Å². The molecule has 0 spiro atoms. The van der Waals surface area contributed by atoms with E-state index in [1.54, 1.807) is 14.2 Å². The molecule has 0 saturated heterocycles. The molecule has 3 nitrogen and oxygen atoms in total. The van der Waals surface area contributed by atoms with E-state index in [1.807, 2.05) is 18.2 Å². The summed E-state index contributed by atoms with van der Waals surface area (Å²) in [5.41, 5.74) is 0. The Balaban J connectivity index is 3.13. The Hall–Kier alpha value is -1.16. The van der Waals surface area contributed by atoms with Crippen LogP contribution in [0.1, 0.15) is 0 Å². The van der Waals surface area contributed by atoms with E-state index in [9.17, 15) is 0 Å². The Kier molecular flexibility index (Phi) is 2.99. The third-order valence-electron chi connectivity index (χ3n) is 1.59. The van der Waals surface area contributed by atoms with Crippen molar-refractivity contribution in [3.63, 3.8) is 0 Å². The molecular weight excluding hydrogens is 172 g/mol. The molecule has 0 atom stereocenters. The van der Waals surface area contributed by atoms with Crippen LogP contribution in [0, 0.1) is 0 Å². The van der Waals surface area contributed by atoms with Gasteiger partial charge in [0.25, 0.3) is 0 Å². The van der Waals surface area contributed by atoms with Crippen LogP contribution in [-0.2, 0) is 0 Å². The maximum atomic E-state index is 5.21. The van der Waals surface area contributed by atoms with Crippen LogP contribution in [0.4, 0.5) is 0 Å². The lowest BCUT2D eigenvalue weighted by atomic mass is 10.3. The van der Waals surface area contributed by atoms with Crippen LogP contribution < -0.4 is 13.9 Å². The van der Waals surface area contributed by atoms with Crippen LogP contribution in [0.15, 0.2) is 18.2 Å². The molecular formula is C8H12O3Si. The van der Waals surface area contributed by atoms with E-state index in [0.29, 0.717) is 22.0 Å². The van der Waals surface area contributed by atoms with E-state index in [4.69, 9.17) is 13.9 Å². The number of rotatable bonds is 3. The van der Waals surface area contributed by atoms with Crippen molar-refractivity contribution in [1.29, 1.82) is 0 Å². The molecule has 66 valence electrons. The van der Waals surface area contributed by atoms with Gasteiger partial charge in [0, 0.05) is 0 Å². The zero-order valence-corrected chi connectivity index (χ0v) is 9.46. The summed E-state index contributed by atoms with van der Waals surface area (Å²) in [5.74, 6) is 2.10. The smallest absolute Gasteiger partial charge is 0.204 e. The van der Waals surface area contributed by atoms with Gasteiger partial charge in [0.15, 0.2) is 5.75 Å². The fraction of sp³-hybridized carbons (Fsp3) is 0.250. The van der Waals surface area contributed by atoms with Crippen LogP contribution in [0.5, 0.6) is 17.2 Å². The van der Waals surface area contributed by atoms with Gasteiger partial charge in [0.05, 0.1) is 14.2 Å². The summed E-state index contributed by atoms with van der Waals surface area (Å²) in [6.45, 7) is 0. The molecule has 1 aromatic rings. The fourth-order valence-corrected chi connectivity index (χ4v) is 1.34. The Morgan fingerprint density at radius 3 is 2.25 bits per heavy atom.